The molecule has 0 unspecified atom stereocenters. The predicted octanol–water partition coefficient (Wildman–Crippen LogP) is 1.81. The van der Waals surface area contributed by atoms with E-state index in [0.717, 1.165) is 0 Å². The minimum atomic E-state index is -0.751. The number of carbonyl (C=O) groups is 2. The molecule has 39 heavy (non-hydrogen) atoms. The van der Waals surface area contributed by atoms with Crippen LogP contribution in [0.4, 0.5) is 8.78 Å². The van der Waals surface area contributed by atoms with Gasteiger partial charge in [-0.05, 0) is 35.4 Å². The summed E-state index contributed by atoms with van der Waals surface area (Å²) in [6.45, 7) is 0.0597. The molecule has 2 heterocycles. The maximum Gasteiger partial charge on any atom is 0.256 e. The van der Waals surface area contributed by atoms with Gasteiger partial charge in [0.2, 0.25) is 0 Å². The summed E-state index contributed by atoms with van der Waals surface area (Å²) in [5.41, 5.74) is 0.219. The van der Waals surface area contributed by atoms with Gasteiger partial charge in [-0.15, -0.1) is 0 Å². The number of benzene rings is 2. The van der Waals surface area contributed by atoms with E-state index in [4.69, 9.17) is 0 Å². The van der Waals surface area contributed by atoms with Gasteiger partial charge in [-0.25, -0.2) is 18.7 Å². The molecule has 0 aliphatic rings. The molecule has 4 rings (SSSR count). The zero-order valence-corrected chi connectivity index (χ0v) is 21.1. The number of hydrogen-bond acceptors (Lipinski definition) is 6. The van der Waals surface area contributed by atoms with Crippen LogP contribution in [0.2, 0.25) is 0 Å². The molecular formula is C27H24F2N6O4. The van der Waals surface area contributed by atoms with Crippen LogP contribution in [0.5, 0.6) is 0 Å². The zero-order valence-electron chi connectivity index (χ0n) is 21.1. The van der Waals surface area contributed by atoms with Gasteiger partial charge in [0.05, 0.1) is 49.1 Å². The second-order valence-electron chi connectivity index (χ2n) is 8.76. The van der Waals surface area contributed by atoms with Gasteiger partial charge < -0.3 is 10.2 Å². The highest BCUT2D eigenvalue weighted by Gasteiger charge is 2.18. The highest BCUT2D eigenvalue weighted by molar-refractivity contribution is 5.94. The molecule has 0 aliphatic carbocycles. The van der Waals surface area contributed by atoms with E-state index < -0.39 is 29.0 Å². The number of nitrogens with zero attached hydrogens (tertiary/aromatic N) is 5. The van der Waals surface area contributed by atoms with Crippen LogP contribution < -0.4 is 16.4 Å². The number of rotatable bonds is 8. The summed E-state index contributed by atoms with van der Waals surface area (Å²) < 4.78 is 31.6. The first-order chi connectivity index (χ1) is 18.7. The average molecular weight is 535 g/mol. The highest BCUT2D eigenvalue weighted by atomic mass is 19.1. The van der Waals surface area contributed by atoms with Crippen LogP contribution in [0, 0.1) is 11.6 Å². The van der Waals surface area contributed by atoms with E-state index >= 15 is 0 Å². The number of aromatic nitrogens is 4. The maximum atomic E-state index is 14.8. The fourth-order valence-corrected chi connectivity index (χ4v) is 3.89. The Hall–Kier alpha value is -5.00. The Kier molecular flexibility index (Phi) is 8.04. The summed E-state index contributed by atoms with van der Waals surface area (Å²) in [4.78, 5) is 58.3. The largest absolute Gasteiger partial charge is 0.355 e. The third-order valence-corrected chi connectivity index (χ3v) is 5.95. The number of hydrogen-bond donors (Lipinski definition) is 1. The SMILES string of the molecule is CNC(=O)c1ccc(Cn2cnc(CN(C)C(=O)c3ccc(Cn4cnccc4=O)cc3F)cc2=O)cc1F. The molecule has 0 atom stereocenters. The Morgan fingerprint density at radius 3 is 2.05 bits per heavy atom. The smallest absolute Gasteiger partial charge is 0.256 e. The monoisotopic (exact) mass is 534 g/mol. The van der Waals surface area contributed by atoms with E-state index in [1.165, 1.54) is 89.4 Å². The Morgan fingerprint density at radius 2 is 1.49 bits per heavy atom. The molecule has 2 aromatic heterocycles. The lowest BCUT2D eigenvalue weighted by molar-refractivity contribution is 0.0778. The minimum absolute atomic E-state index is 0.0224. The molecule has 1 N–H and O–H groups in total. The van der Waals surface area contributed by atoms with Crippen molar-refractivity contribution < 1.29 is 18.4 Å². The summed E-state index contributed by atoms with van der Waals surface area (Å²) in [5.74, 6) is -2.64. The summed E-state index contributed by atoms with van der Waals surface area (Å²) in [6, 6.07) is 10.6. The van der Waals surface area contributed by atoms with Crippen LogP contribution in [-0.2, 0) is 19.6 Å². The van der Waals surface area contributed by atoms with Gasteiger partial charge in [0.25, 0.3) is 22.9 Å². The van der Waals surface area contributed by atoms with Crippen molar-refractivity contribution in [1.82, 2.24) is 29.3 Å². The van der Waals surface area contributed by atoms with E-state index in [2.05, 4.69) is 15.3 Å². The lowest BCUT2D eigenvalue weighted by atomic mass is 10.1. The van der Waals surface area contributed by atoms with Crippen molar-refractivity contribution in [2.45, 2.75) is 19.6 Å². The summed E-state index contributed by atoms with van der Waals surface area (Å²) in [5, 5.41) is 2.35. The average Bonchev–Trinajstić information content (AvgIpc) is 2.91. The van der Waals surface area contributed by atoms with Crippen LogP contribution in [0.3, 0.4) is 0 Å². The zero-order chi connectivity index (χ0) is 28.1. The molecule has 0 radical (unpaired) electrons. The minimum Gasteiger partial charge on any atom is -0.355 e. The van der Waals surface area contributed by atoms with Crippen molar-refractivity contribution in [2.75, 3.05) is 14.1 Å². The van der Waals surface area contributed by atoms with Gasteiger partial charge in [-0.3, -0.25) is 28.3 Å². The van der Waals surface area contributed by atoms with Crippen molar-refractivity contribution in [3.05, 3.63) is 128 Å². The van der Waals surface area contributed by atoms with Gasteiger partial charge in [-0.2, -0.15) is 0 Å². The second-order valence-corrected chi connectivity index (χ2v) is 8.76. The van der Waals surface area contributed by atoms with Crippen molar-refractivity contribution in [2.24, 2.45) is 0 Å². The van der Waals surface area contributed by atoms with Gasteiger partial charge >= 0.3 is 0 Å². The fourth-order valence-electron chi connectivity index (χ4n) is 3.89. The maximum absolute atomic E-state index is 14.8. The topological polar surface area (TPSA) is 119 Å². The Labute approximate surface area is 221 Å². The van der Waals surface area contributed by atoms with Crippen molar-refractivity contribution in [3.63, 3.8) is 0 Å². The fraction of sp³-hybridized carbons (Fsp3) is 0.185. The molecular weight excluding hydrogens is 510 g/mol. The molecule has 0 aliphatic heterocycles. The lowest BCUT2D eigenvalue weighted by Crippen LogP contribution is -2.29. The van der Waals surface area contributed by atoms with E-state index in [0.29, 0.717) is 11.1 Å². The first-order valence-electron chi connectivity index (χ1n) is 11.8. The van der Waals surface area contributed by atoms with E-state index in [-0.39, 0.29) is 42.0 Å². The third-order valence-electron chi connectivity index (χ3n) is 5.95. The molecule has 0 saturated carbocycles. The van der Waals surface area contributed by atoms with Crippen LogP contribution in [0.1, 0.15) is 37.5 Å². The van der Waals surface area contributed by atoms with E-state index in [1.54, 1.807) is 6.07 Å². The molecule has 0 bridgehead atoms. The second kappa shape index (κ2) is 11.6. The molecule has 0 spiro atoms. The first kappa shape index (κ1) is 27.0. The number of halogens is 2. The molecule has 10 nitrogen and oxygen atoms in total. The Balaban J connectivity index is 1.43. The number of nitrogens with one attached hydrogen (secondary N) is 1. The summed E-state index contributed by atoms with van der Waals surface area (Å²) >= 11 is 0. The van der Waals surface area contributed by atoms with Gasteiger partial charge in [0, 0.05) is 32.4 Å². The standard InChI is InChI=1S/C27H24F2N6O4/c1-30-26(38)20-5-3-17(9-22(20)28)13-35-16-32-19(11-25(35)37)14-33(2)27(39)21-6-4-18(10-23(21)29)12-34-15-31-8-7-24(34)36/h3-11,15-16H,12-14H2,1-2H3,(H,30,38). The molecule has 12 heteroatoms. The van der Waals surface area contributed by atoms with Crippen molar-refractivity contribution in [1.29, 1.82) is 0 Å². The number of amides is 2. The summed E-state index contributed by atoms with van der Waals surface area (Å²) in [7, 11) is 2.85. The molecule has 0 fully saturated rings. The molecule has 2 aromatic carbocycles. The Bertz CT molecular complexity index is 1670. The van der Waals surface area contributed by atoms with Crippen molar-refractivity contribution >= 4 is 11.8 Å². The molecule has 4 aromatic rings. The van der Waals surface area contributed by atoms with Gasteiger partial charge in [-0.1, -0.05) is 12.1 Å². The summed E-state index contributed by atoms with van der Waals surface area (Å²) in [6.07, 6.45) is 3.98. The molecule has 200 valence electrons. The van der Waals surface area contributed by atoms with Crippen LogP contribution in [-0.4, -0.2) is 49.9 Å². The highest BCUT2D eigenvalue weighted by Crippen LogP contribution is 2.15. The lowest BCUT2D eigenvalue weighted by Gasteiger charge is -2.18. The van der Waals surface area contributed by atoms with Gasteiger partial charge in [0.15, 0.2) is 0 Å². The van der Waals surface area contributed by atoms with Crippen molar-refractivity contribution in [3.8, 4) is 0 Å². The van der Waals surface area contributed by atoms with E-state index in [9.17, 15) is 28.0 Å². The Morgan fingerprint density at radius 1 is 0.872 bits per heavy atom. The van der Waals surface area contributed by atoms with Gasteiger partial charge in [0.1, 0.15) is 11.6 Å². The predicted molar refractivity (Wildman–Crippen MR) is 137 cm³/mol. The van der Waals surface area contributed by atoms with E-state index in [1.807, 2.05) is 0 Å². The van der Waals surface area contributed by atoms with Crippen LogP contribution >= 0.6 is 0 Å². The molecule has 2 amide bonds. The first-order valence-corrected chi connectivity index (χ1v) is 11.8. The normalized spacial score (nSPS) is 10.8. The third kappa shape index (κ3) is 6.29. The molecule has 0 saturated heterocycles. The number of carbonyl (C=O) groups excluding carboxylic acids is 2. The quantitative estimate of drug-likeness (QED) is 0.368. The van der Waals surface area contributed by atoms with Crippen LogP contribution in [0.15, 0.2) is 77.0 Å². The van der Waals surface area contributed by atoms with Crippen LogP contribution in [0.25, 0.3) is 0 Å².